The molecule has 128 valence electrons. The number of imidazole rings is 1. The van der Waals surface area contributed by atoms with Crippen LogP contribution in [0.25, 0.3) is 22.8 Å². The molecule has 0 aliphatic heterocycles. The molecule has 1 N–H and O–H groups in total. The zero-order valence-electron chi connectivity index (χ0n) is 14.5. The van der Waals surface area contributed by atoms with Crippen molar-refractivity contribution in [1.82, 2.24) is 24.9 Å². The molecule has 0 unspecified atom stereocenters. The minimum Gasteiger partial charge on any atom is -0.333 e. The van der Waals surface area contributed by atoms with Gasteiger partial charge in [-0.3, -0.25) is 4.98 Å². The predicted molar refractivity (Wildman–Crippen MR) is 103 cm³/mol. The number of nitrogens with one attached hydrogen (secondary N) is 1. The molecule has 0 fully saturated rings. The number of aryl methyl sites for hydroxylation is 1. The maximum absolute atomic E-state index is 4.71. The molecule has 4 rings (SSSR count). The van der Waals surface area contributed by atoms with E-state index in [2.05, 4.69) is 32.1 Å². The summed E-state index contributed by atoms with van der Waals surface area (Å²) in [5.41, 5.74) is 4.85. The first-order valence-electron chi connectivity index (χ1n) is 8.25. The van der Waals surface area contributed by atoms with Crippen LogP contribution in [0.2, 0.25) is 0 Å². The second-order valence-electron chi connectivity index (χ2n) is 5.85. The summed E-state index contributed by atoms with van der Waals surface area (Å²) in [5.74, 6) is 0.631. The minimum atomic E-state index is 0.631. The lowest BCUT2D eigenvalue weighted by atomic mass is 10.2. The van der Waals surface area contributed by atoms with Crippen LogP contribution in [0, 0.1) is 13.8 Å². The van der Waals surface area contributed by atoms with Gasteiger partial charge in [-0.1, -0.05) is 36.4 Å². The smallest absolute Gasteiger partial charge is 0.179 e. The SMILES string of the molecule is Cc1nc(-c2ccccn2)nc(Sc2ncc(-c3ccccc3)[nH]2)c1C. The first-order valence-corrected chi connectivity index (χ1v) is 9.07. The Morgan fingerprint density at radius 3 is 2.46 bits per heavy atom. The fourth-order valence-electron chi connectivity index (χ4n) is 2.52. The van der Waals surface area contributed by atoms with Gasteiger partial charge in [0.25, 0.3) is 0 Å². The Labute approximate surface area is 156 Å². The highest BCUT2D eigenvalue weighted by Gasteiger charge is 2.13. The van der Waals surface area contributed by atoms with E-state index in [9.17, 15) is 0 Å². The van der Waals surface area contributed by atoms with Gasteiger partial charge in [-0.2, -0.15) is 0 Å². The van der Waals surface area contributed by atoms with Crippen LogP contribution in [0.4, 0.5) is 0 Å². The molecule has 0 radical (unpaired) electrons. The molecule has 0 aliphatic rings. The van der Waals surface area contributed by atoms with Gasteiger partial charge in [0.1, 0.15) is 10.7 Å². The molecule has 0 spiro atoms. The number of aromatic nitrogens is 5. The van der Waals surface area contributed by atoms with Crippen molar-refractivity contribution in [2.45, 2.75) is 24.0 Å². The minimum absolute atomic E-state index is 0.631. The van der Waals surface area contributed by atoms with E-state index in [1.54, 1.807) is 6.20 Å². The van der Waals surface area contributed by atoms with E-state index in [1.165, 1.54) is 11.8 Å². The lowest BCUT2D eigenvalue weighted by Crippen LogP contribution is -1.99. The first kappa shape index (κ1) is 16.5. The van der Waals surface area contributed by atoms with Crippen molar-refractivity contribution in [3.8, 4) is 22.8 Å². The van der Waals surface area contributed by atoms with Gasteiger partial charge in [0.2, 0.25) is 0 Å². The molecule has 3 aromatic heterocycles. The average Bonchev–Trinajstić information content (AvgIpc) is 3.15. The number of nitrogens with zero attached hydrogens (tertiary/aromatic N) is 4. The lowest BCUT2D eigenvalue weighted by Gasteiger charge is -2.08. The number of hydrogen-bond donors (Lipinski definition) is 1. The van der Waals surface area contributed by atoms with E-state index in [-0.39, 0.29) is 0 Å². The summed E-state index contributed by atoms with van der Waals surface area (Å²) < 4.78 is 0. The number of aromatic amines is 1. The van der Waals surface area contributed by atoms with Crippen LogP contribution in [0.5, 0.6) is 0 Å². The molecule has 1 aromatic carbocycles. The van der Waals surface area contributed by atoms with Crippen LogP contribution in [0.1, 0.15) is 11.3 Å². The van der Waals surface area contributed by atoms with Gasteiger partial charge in [0, 0.05) is 17.5 Å². The van der Waals surface area contributed by atoms with Crippen LogP contribution >= 0.6 is 11.8 Å². The highest BCUT2D eigenvalue weighted by atomic mass is 32.2. The Bertz CT molecular complexity index is 1030. The third kappa shape index (κ3) is 3.36. The summed E-state index contributed by atoms with van der Waals surface area (Å²) in [4.78, 5) is 21.5. The number of pyridine rings is 1. The molecular formula is C20H17N5S. The number of H-pyrrole nitrogens is 1. The second kappa shape index (κ2) is 7.09. The van der Waals surface area contributed by atoms with Gasteiger partial charge in [-0.15, -0.1) is 0 Å². The van der Waals surface area contributed by atoms with Crippen LogP contribution in [-0.4, -0.2) is 24.9 Å². The van der Waals surface area contributed by atoms with Crippen molar-refractivity contribution in [2.24, 2.45) is 0 Å². The summed E-state index contributed by atoms with van der Waals surface area (Å²) in [7, 11) is 0. The number of rotatable bonds is 4. The summed E-state index contributed by atoms with van der Waals surface area (Å²) in [6.45, 7) is 4.02. The van der Waals surface area contributed by atoms with E-state index in [1.807, 2.05) is 56.4 Å². The summed E-state index contributed by atoms with van der Waals surface area (Å²) >= 11 is 1.51. The fraction of sp³-hybridized carbons (Fsp3) is 0.100. The van der Waals surface area contributed by atoms with Crippen LogP contribution in [-0.2, 0) is 0 Å². The summed E-state index contributed by atoms with van der Waals surface area (Å²) in [6, 6.07) is 15.9. The Morgan fingerprint density at radius 1 is 0.885 bits per heavy atom. The highest BCUT2D eigenvalue weighted by Crippen LogP contribution is 2.30. The highest BCUT2D eigenvalue weighted by molar-refractivity contribution is 7.99. The van der Waals surface area contributed by atoms with Gasteiger partial charge < -0.3 is 4.98 Å². The standard InChI is InChI=1S/C20H17N5S/c1-13-14(2)23-18(16-10-6-7-11-21-16)25-19(13)26-20-22-12-17(24-20)15-8-4-3-5-9-15/h3-12H,1-2H3,(H,22,24). The monoisotopic (exact) mass is 359 g/mol. The Morgan fingerprint density at radius 2 is 1.69 bits per heavy atom. The maximum Gasteiger partial charge on any atom is 0.179 e. The third-order valence-electron chi connectivity index (χ3n) is 4.07. The molecule has 4 aromatic rings. The van der Waals surface area contributed by atoms with E-state index in [0.29, 0.717) is 5.82 Å². The van der Waals surface area contributed by atoms with E-state index < -0.39 is 0 Å². The van der Waals surface area contributed by atoms with Crippen LogP contribution in [0.15, 0.2) is 71.1 Å². The molecule has 0 atom stereocenters. The Kier molecular flexibility index (Phi) is 4.50. The van der Waals surface area contributed by atoms with Crippen LogP contribution < -0.4 is 0 Å². The van der Waals surface area contributed by atoms with Crippen molar-refractivity contribution < 1.29 is 0 Å². The number of hydrogen-bond acceptors (Lipinski definition) is 5. The zero-order valence-corrected chi connectivity index (χ0v) is 15.3. The van der Waals surface area contributed by atoms with Crippen molar-refractivity contribution in [2.75, 3.05) is 0 Å². The lowest BCUT2D eigenvalue weighted by molar-refractivity contribution is 0.954. The van der Waals surface area contributed by atoms with Crippen molar-refractivity contribution in [1.29, 1.82) is 0 Å². The Hall–Kier alpha value is -2.99. The summed E-state index contributed by atoms with van der Waals surface area (Å²) in [5, 5.41) is 1.68. The summed E-state index contributed by atoms with van der Waals surface area (Å²) in [6.07, 6.45) is 3.60. The van der Waals surface area contributed by atoms with Crippen molar-refractivity contribution in [3.05, 3.63) is 72.2 Å². The largest absolute Gasteiger partial charge is 0.333 e. The molecule has 0 aliphatic carbocycles. The normalized spacial score (nSPS) is 10.8. The predicted octanol–water partition coefficient (Wildman–Crippen LogP) is 4.70. The van der Waals surface area contributed by atoms with Gasteiger partial charge in [0.05, 0.1) is 11.9 Å². The van der Waals surface area contributed by atoms with Crippen molar-refractivity contribution in [3.63, 3.8) is 0 Å². The molecule has 26 heavy (non-hydrogen) atoms. The van der Waals surface area contributed by atoms with E-state index >= 15 is 0 Å². The van der Waals surface area contributed by atoms with Gasteiger partial charge >= 0.3 is 0 Å². The zero-order chi connectivity index (χ0) is 17.9. The second-order valence-corrected chi connectivity index (χ2v) is 6.83. The van der Waals surface area contributed by atoms with Crippen LogP contribution in [0.3, 0.4) is 0 Å². The van der Waals surface area contributed by atoms with E-state index in [4.69, 9.17) is 4.98 Å². The molecule has 0 saturated carbocycles. The number of benzene rings is 1. The topological polar surface area (TPSA) is 67.3 Å². The quantitative estimate of drug-likeness (QED) is 0.535. The molecule has 0 amide bonds. The average molecular weight is 359 g/mol. The molecule has 0 saturated heterocycles. The molecule has 3 heterocycles. The third-order valence-corrected chi connectivity index (χ3v) is 5.06. The van der Waals surface area contributed by atoms with Gasteiger partial charge in [-0.25, -0.2) is 15.0 Å². The molecular weight excluding hydrogens is 342 g/mol. The molecule has 5 nitrogen and oxygen atoms in total. The molecule has 6 heteroatoms. The van der Waals surface area contributed by atoms with Crippen molar-refractivity contribution >= 4 is 11.8 Å². The maximum atomic E-state index is 4.71. The first-order chi connectivity index (χ1) is 12.7. The molecule has 0 bridgehead atoms. The van der Waals surface area contributed by atoms with Gasteiger partial charge in [-0.05, 0) is 43.3 Å². The Balaban J connectivity index is 1.66. The fourth-order valence-corrected chi connectivity index (χ4v) is 3.40. The van der Waals surface area contributed by atoms with E-state index in [0.717, 1.165) is 38.4 Å². The van der Waals surface area contributed by atoms with Gasteiger partial charge in [0.15, 0.2) is 11.0 Å².